The van der Waals surface area contributed by atoms with E-state index in [0.29, 0.717) is 12.0 Å². The molecule has 0 spiro atoms. The van der Waals surface area contributed by atoms with Gasteiger partial charge in [0.05, 0.1) is 0 Å². The summed E-state index contributed by atoms with van der Waals surface area (Å²) in [6, 6.07) is 6.40. The summed E-state index contributed by atoms with van der Waals surface area (Å²) >= 11 is 0. The maximum atomic E-state index is 5.83. The number of hydrogen-bond acceptors (Lipinski definition) is 2. The Morgan fingerprint density at radius 3 is 2.60 bits per heavy atom. The van der Waals surface area contributed by atoms with Crippen molar-refractivity contribution in [3.8, 4) is 5.75 Å². The SMILES string of the molecule is Cc1ccc(OC2CNC2)cc1C(C)C. The lowest BCUT2D eigenvalue weighted by molar-refractivity contribution is 0.142. The van der Waals surface area contributed by atoms with Crippen LogP contribution in [0.1, 0.15) is 30.9 Å². The van der Waals surface area contributed by atoms with Crippen LogP contribution in [0.4, 0.5) is 0 Å². The smallest absolute Gasteiger partial charge is 0.123 e. The standard InChI is InChI=1S/C13H19NO/c1-9(2)13-6-11(5-4-10(13)3)15-12-7-14-8-12/h4-6,9,12,14H,7-8H2,1-3H3. The third-order valence-corrected chi connectivity index (χ3v) is 2.92. The Balaban J connectivity index is 2.14. The molecule has 1 aromatic carbocycles. The first kappa shape index (κ1) is 10.5. The van der Waals surface area contributed by atoms with Crippen molar-refractivity contribution >= 4 is 0 Å². The van der Waals surface area contributed by atoms with Gasteiger partial charge in [-0.15, -0.1) is 0 Å². The third kappa shape index (κ3) is 2.32. The topological polar surface area (TPSA) is 21.3 Å². The minimum Gasteiger partial charge on any atom is -0.488 e. The molecule has 0 unspecified atom stereocenters. The number of aryl methyl sites for hydroxylation is 1. The molecule has 15 heavy (non-hydrogen) atoms. The second kappa shape index (κ2) is 4.23. The number of benzene rings is 1. The van der Waals surface area contributed by atoms with Gasteiger partial charge in [0.1, 0.15) is 11.9 Å². The Hall–Kier alpha value is -1.02. The first-order valence-corrected chi connectivity index (χ1v) is 5.64. The van der Waals surface area contributed by atoms with Crippen LogP contribution >= 0.6 is 0 Å². The fourth-order valence-corrected chi connectivity index (χ4v) is 1.85. The summed E-state index contributed by atoms with van der Waals surface area (Å²) < 4.78 is 5.83. The molecule has 1 fully saturated rings. The molecule has 1 aromatic rings. The second-order valence-electron chi connectivity index (χ2n) is 4.57. The molecular formula is C13H19NO. The van der Waals surface area contributed by atoms with Crippen LogP contribution in [0.5, 0.6) is 5.75 Å². The molecule has 0 bridgehead atoms. The van der Waals surface area contributed by atoms with E-state index in [0.717, 1.165) is 18.8 Å². The van der Waals surface area contributed by atoms with Gasteiger partial charge in [-0.05, 0) is 36.1 Å². The highest BCUT2D eigenvalue weighted by molar-refractivity contribution is 5.36. The number of rotatable bonds is 3. The van der Waals surface area contributed by atoms with Crippen LogP contribution in [0, 0.1) is 6.92 Å². The van der Waals surface area contributed by atoms with Crippen LogP contribution in [-0.2, 0) is 0 Å². The van der Waals surface area contributed by atoms with Crippen LogP contribution in [-0.4, -0.2) is 19.2 Å². The van der Waals surface area contributed by atoms with Crippen molar-refractivity contribution in [3.63, 3.8) is 0 Å². The quantitative estimate of drug-likeness (QED) is 0.818. The molecule has 1 N–H and O–H groups in total. The van der Waals surface area contributed by atoms with Gasteiger partial charge in [0, 0.05) is 13.1 Å². The van der Waals surface area contributed by atoms with Crippen molar-refractivity contribution in [1.29, 1.82) is 0 Å². The van der Waals surface area contributed by atoms with Gasteiger partial charge < -0.3 is 10.1 Å². The van der Waals surface area contributed by atoms with Gasteiger partial charge in [0.15, 0.2) is 0 Å². The molecule has 1 heterocycles. The largest absolute Gasteiger partial charge is 0.488 e. The normalized spacial score (nSPS) is 16.5. The van der Waals surface area contributed by atoms with Gasteiger partial charge in [0.25, 0.3) is 0 Å². The Morgan fingerprint density at radius 2 is 2.07 bits per heavy atom. The van der Waals surface area contributed by atoms with Gasteiger partial charge >= 0.3 is 0 Å². The minimum absolute atomic E-state index is 0.368. The molecule has 0 radical (unpaired) electrons. The van der Waals surface area contributed by atoms with Gasteiger partial charge in [-0.1, -0.05) is 19.9 Å². The predicted octanol–water partition coefficient (Wildman–Crippen LogP) is 2.47. The fraction of sp³-hybridized carbons (Fsp3) is 0.538. The van der Waals surface area contributed by atoms with Crippen molar-refractivity contribution in [2.75, 3.05) is 13.1 Å². The molecular weight excluding hydrogens is 186 g/mol. The van der Waals surface area contributed by atoms with Crippen LogP contribution in [0.15, 0.2) is 18.2 Å². The van der Waals surface area contributed by atoms with E-state index in [1.807, 2.05) is 0 Å². The van der Waals surface area contributed by atoms with Crippen molar-refractivity contribution in [1.82, 2.24) is 5.32 Å². The highest BCUT2D eigenvalue weighted by Crippen LogP contribution is 2.25. The number of hydrogen-bond donors (Lipinski definition) is 1. The molecule has 0 aromatic heterocycles. The Bertz CT molecular complexity index is 342. The van der Waals surface area contributed by atoms with Crippen LogP contribution in [0.2, 0.25) is 0 Å². The van der Waals surface area contributed by atoms with Crippen LogP contribution in [0.25, 0.3) is 0 Å². The maximum absolute atomic E-state index is 5.83. The zero-order chi connectivity index (χ0) is 10.8. The van der Waals surface area contributed by atoms with Crippen LogP contribution < -0.4 is 10.1 Å². The van der Waals surface area contributed by atoms with Gasteiger partial charge in [-0.2, -0.15) is 0 Å². The number of ether oxygens (including phenoxy) is 1. The summed E-state index contributed by atoms with van der Waals surface area (Å²) in [7, 11) is 0. The molecule has 0 aliphatic carbocycles. The Labute approximate surface area is 91.6 Å². The molecule has 2 heteroatoms. The Morgan fingerprint density at radius 1 is 1.33 bits per heavy atom. The molecule has 0 saturated carbocycles. The summed E-state index contributed by atoms with van der Waals surface area (Å²) in [5, 5.41) is 3.21. The van der Waals surface area contributed by atoms with Crippen molar-refractivity contribution in [2.24, 2.45) is 0 Å². The molecule has 0 amide bonds. The average molecular weight is 205 g/mol. The fourth-order valence-electron chi connectivity index (χ4n) is 1.85. The number of nitrogens with one attached hydrogen (secondary N) is 1. The van der Waals surface area contributed by atoms with Crippen molar-refractivity contribution in [2.45, 2.75) is 32.8 Å². The molecule has 1 aliphatic heterocycles. The molecule has 0 atom stereocenters. The Kier molecular flexibility index (Phi) is 2.96. The van der Waals surface area contributed by atoms with E-state index < -0.39 is 0 Å². The highest BCUT2D eigenvalue weighted by atomic mass is 16.5. The van der Waals surface area contributed by atoms with E-state index in [1.165, 1.54) is 11.1 Å². The second-order valence-corrected chi connectivity index (χ2v) is 4.57. The third-order valence-electron chi connectivity index (χ3n) is 2.92. The lowest BCUT2D eigenvalue weighted by atomic mass is 9.98. The van der Waals surface area contributed by atoms with Crippen molar-refractivity contribution < 1.29 is 4.74 Å². The van der Waals surface area contributed by atoms with Gasteiger partial charge in [-0.25, -0.2) is 0 Å². The first-order chi connectivity index (χ1) is 7.16. The zero-order valence-electron chi connectivity index (χ0n) is 9.71. The summed E-state index contributed by atoms with van der Waals surface area (Å²) in [4.78, 5) is 0. The molecule has 82 valence electrons. The van der Waals surface area contributed by atoms with E-state index in [2.05, 4.69) is 44.3 Å². The van der Waals surface area contributed by atoms with E-state index in [-0.39, 0.29) is 0 Å². The molecule has 1 saturated heterocycles. The predicted molar refractivity (Wildman–Crippen MR) is 62.6 cm³/mol. The average Bonchev–Trinajstić information content (AvgIpc) is 2.13. The van der Waals surface area contributed by atoms with E-state index in [1.54, 1.807) is 0 Å². The van der Waals surface area contributed by atoms with E-state index >= 15 is 0 Å². The minimum atomic E-state index is 0.368. The summed E-state index contributed by atoms with van der Waals surface area (Å²) in [5.41, 5.74) is 2.74. The monoisotopic (exact) mass is 205 g/mol. The van der Waals surface area contributed by atoms with Crippen molar-refractivity contribution in [3.05, 3.63) is 29.3 Å². The maximum Gasteiger partial charge on any atom is 0.123 e. The molecule has 2 rings (SSSR count). The first-order valence-electron chi connectivity index (χ1n) is 5.64. The lowest BCUT2D eigenvalue weighted by Gasteiger charge is -2.28. The van der Waals surface area contributed by atoms with Crippen LogP contribution in [0.3, 0.4) is 0 Å². The van der Waals surface area contributed by atoms with Gasteiger partial charge in [-0.3, -0.25) is 0 Å². The molecule has 1 aliphatic rings. The van der Waals surface area contributed by atoms with Gasteiger partial charge in [0.2, 0.25) is 0 Å². The summed E-state index contributed by atoms with van der Waals surface area (Å²) in [6.07, 6.45) is 0.368. The zero-order valence-corrected chi connectivity index (χ0v) is 9.71. The van der Waals surface area contributed by atoms with E-state index in [4.69, 9.17) is 4.74 Å². The summed E-state index contributed by atoms with van der Waals surface area (Å²) in [6.45, 7) is 8.55. The molecule has 2 nitrogen and oxygen atoms in total. The highest BCUT2D eigenvalue weighted by Gasteiger charge is 2.18. The summed E-state index contributed by atoms with van der Waals surface area (Å²) in [5.74, 6) is 1.57. The van der Waals surface area contributed by atoms with E-state index in [9.17, 15) is 0 Å². The lowest BCUT2D eigenvalue weighted by Crippen LogP contribution is -2.50.